The molecule has 0 radical (unpaired) electrons. The first kappa shape index (κ1) is 9.88. The molecular formula is C7H16O3. The van der Waals surface area contributed by atoms with Crippen LogP contribution in [0.2, 0.25) is 0 Å². The fourth-order valence-corrected chi connectivity index (χ4v) is 0.704. The van der Waals surface area contributed by atoms with Crippen LogP contribution in [0.5, 0.6) is 0 Å². The third-order valence-electron chi connectivity index (χ3n) is 1.33. The Kier molecular flexibility index (Phi) is 6.91. The van der Waals surface area contributed by atoms with Gasteiger partial charge in [0.05, 0.1) is 12.7 Å². The lowest BCUT2D eigenvalue weighted by Crippen LogP contribution is -2.18. The van der Waals surface area contributed by atoms with Crippen LogP contribution in [0.25, 0.3) is 0 Å². The van der Waals surface area contributed by atoms with Crippen LogP contribution >= 0.6 is 0 Å². The van der Waals surface area contributed by atoms with Gasteiger partial charge in [0.25, 0.3) is 0 Å². The molecule has 0 rings (SSSR count). The van der Waals surface area contributed by atoms with Crippen molar-refractivity contribution in [3.63, 3.8) is 0 Å². The molecule has 0 aromatic heterocycles. The van der Waals surface area contributed by atoms with E-state index in [-0.39, 0.29) is 6.10 Å². The van der Waals surface area contributed by atoms with Crippen molar-refractivity contribution in [1.29, 1.82) is 0 Å². The van der Waals surface area contributed by atoms with Crippen LogP contribution in [0, 0.1) is 0 Å². The van der Waals surface area contributed by atoms with Crippen molar-refractivity contribution in [2.75, 3.05) is 34.5 Å². The minimum Gasteiger partial charge on any atom is -0.385 e. The van der Waals surface area contributed by atoms with Crippen molar-refractivity contribution in [1.82, 2.24) is 0 Å². The Balaban J connectivity index is 3.21. The molecule has 0 spiro atoms. The van der Waals surface area contributed by atoms with Crippen molar-refractivity contribution < 1.29 is 14.2 Å². The third kappa shape index (κ3) is 4.73. The van der Waals surface area contributed by atoms with Gasteiger partial charge in [0.2, 0.25) is 0 Å². The summed E-state index contributed by atoms with van der Waals surface area (Å²) in [6.07, 6.45) is 1.06. The van der Waals surface area contributed by atoms with E-state index in [0.717, 1.165) is 13.0 Å². The fraction of sp³-hybridized carbons (Fsp3) is 1.00. The molecule has 62 valence electrons. The van der Waals surface area contributed by atoms with Gasteiger partial charge < -0.3 is 14.2 Å². The van der Waals surface area contributed by atoms with Gasteiger partial charge in [-0.3, -0.25) is 0 Å². The summed E-state index contributed by atoms with van der Waals surface area (Å²) in [5.41, 5.74) is 0. The van der Waals surface area contributed by atoms with Crippen molar-refractivity contribution in [2.24, 2.45) is 0 Å². The van der Waals surface area contributed by atoms with Crippen LogP contribution in [0.15, 0.2) is 0 Å². The van der Waals surface area contributed by atoms with E-state index in [2.05, 4.69) is 0 Å². The predicted octanol–water partition coefficient (Wildman–Crippen LogP) is 0.684. The van der Waals surface area contributed by atoms with Gasteiger partial charge in [0, 0.05) is 27.9 Å². The maximum atomic E-state index is 5.09. The highest BCUT2D eigenvalue weighted by Crippen LogP contribution is 1.96. The molecule has 3 heteroatoms. The Morgan fingerprint density at radius 2 is 1.80 bits per heavy atom. The molecule has 0 amide bonds. The second-order valence-electron chi connectivity index (χ2n) is 2.09. The highest BCUT2D eigenvalue weighted by atomic mass is 16.5. The van der Waals surface area contributed by atoms with Gasteiger partial charge in [-0.1, -0.05) is 0 Å². The van der Waals surface area contributed by atoms with E-state index in [1.807, 2.05) is 0 Å². The lowest BCUT2D eigenvalue weighted by atomic mass is 10.3. The number of ether oxygens (including phenoxy) is 3. The molecule has 0 aliphatic carbocycles. The van der Waals surface area contributed by atoms with Gasteiger partial charge in [0.1, 0.15) is 0 Å². The summed E-state index contributed by atoms with van der Waals surface area (Å²) in [5, 5.41) is 0. The van der Waals surface area contributed by atoms with Crippen LogP contribution in [0.1, 0.15) is 6.42 Å². The largest absolute Gasteiger partial charge is 0.385 e. The molecule has 0 fully saturated rings. The maximum absolute atomic E-state index is 5.09. The standard InChI is InChI=1S/C7H16O3/c1-8-5-4-7(10-3)6-9-2/h7H,4-6H2,1-3H3. The van der Waals surface area contributed by atoms with Crippen molar-refractivity contribution in [3.8, 4) is 0 Å². The van der Waals surface area contributed by atoms with Crippen LogP contribution in [0.3, 0.4) is 0 Å². The number of rotatable bonds is 6. The molecule has 0 bridgehead atoms. The first-order valence-electron chi connectivity index (χ1n) is 3.35. The zero-order valence-corrected chi connectivity index (χ0v) is 6.92. The van der Waals surface area contributed by atoms with E-state index in [0.29, 0.717) is 6.61 Å². The van der Waals surface area contributed by atoms with Gasteiger partial charge >= 0.3 is 0 Å². The molecule has 0 N–H and O–H groups in total. The summed E-state index contributed by atoms with van der Waals surface area (Å²) < 4.78 is 14.9. The van der Waals surface area contributed by atoms with E-state index >= 15 is 0 Å². The molecule has 0 aliphatic heterocycles. The molecule has 0 saturated carbocycles. The summed E-state index contributed by atoms with van der Waals surface area (Å²) in [5.74, 6) is 0. The summed E-state index contributed by atoms with van der Waals surface area (Å²) in [6, 6.07) is 0. The molecule has 10 heavy (non-hydrogen) atoms. The lowest BCUT2D eigenvalue weighted by molar-refractivity contribution is 0.00934. The SMILES string of the molecule is COCCC(COC)OC. The zero-order chi connectivity index (χ0) is 7.82. The molecule has 1 unspecified atom stereocenters. The smallest absolute Gasteiger partial charge is 0.0826 e. The van der Waals surface area contributed by atoms with Crippen molar-refractivity contribution in [2.45, 2.75) is 12.5 Å². The monoisotopic (exact) mass is 148 g/mol. The summed E-state index contributed by atoms with van der Waals surface area (Å²) in [4.78, 5) is 0. The Labute approximate surface area is 62.3 Å². The minimum absolute atomic E-state index is 0.171. The normalized spacial score (nSPS) is 13.5. The molecule has 0 aromatic rings. The Hall–Kier alpha value is -0.120. The van der Waals surface area contributed by atoms with Gasteiger partial charge in [-0.2, -0.15) is 0 Å². The summed E-state index contributed by atoms with van der Waals surface area (Å²) in [6.45, 7) is 1.36. The van der Waals surface area contributed by atoms with Gasteiger partial charge in [-0.15, -0.1) is 0 Å². The third-order valence-corrected chi connectivity index (χ3v) is 1.33. The average Bonchev–Trinajstić information content (AvgIpc) is 1.98. The second-order valence-corrected chi connectivity index (χ2v) is 2.09. The van der Waals surface area contributed by atoms with E-state index in [9.17, 15) is 0 Å². The molecule has 0 saturated heterocycles. The van der Waals surface area contributed by atoms with Crippen molar-refractivity contribution >= 4 is 0 Å². The van der Waals surface area contributed by atoms with Crippen molar-refractivity contribution in [3.05, 3.63) is 0 Å². The quantitative estimate of drug-likeness (QED) is 0.554. The highest BCUT2D eigenvalue weighted by molar-refractivity contribution is 4.53. The minimum atomic E-state index is 0.171. The van der Waals surface area contributed by atoms with Gasteiger partial charge in [0.15, 0.2) is 0 Å². The first-order valence-corrected chi connectivity index (χ1v) is 3.35. The second kappa shape index (κ2) is 6.99. The molecule has 3 nitrogen and oxygen atoms in total. The van der Waals surface area contributed by atoms with E-state index in [4.69, 9.17) is 14.2 Å². The first-order chi connectivity index (χ1) is 4.85. The average molecular weight is 148 g/mol. The van der Waals surface area contributed by atoms with E-state index in [1.165, 1.54) is 0 Å². The molecule has 0 heterocycles. The predicted molar refractivity (Wildman–Crippen MR) is 39.2 cm³/mol. The van der Waals surface area contributed by atoms with Crippen LogP contribution < -0.4 is 0 Å². The van der Waals surface area contributed by atoms with Crippen LogP contribution in [-0.4, -0.2) is 40.6 Å². The summed E-state index contributed by atoms with van der Waals surface area (Å²) >= 11 is 0. The Bertz CT molecular complexity index is 65.9. The Morgan fingerprint density at radius 1 is 1.10 bits per heavy atom. The number of methoxy groups -OCH3 is 3. The molecule has 0 aliphatic rings. The topological polar surface area (TPSA) is 27.7 Å². The van der Waals surface area contributed by atoms with Gasteiger partial charge in [-0.25, -0.2) is 0 Å². The molecular weight excluding hydrogens is 132 g/mol. The Morgan fingerprint density at radius 3 is 2.20 bits per heavy atom. The van der Waals surface area contributed by atoms with E-state index in [1.54, 1.807) is 21.3 Å². The van der Waals surface area contributed by atoms with E-state index < -0.39 is 0 Å². The zero-order valence-electron chi connectivity index (χ0n) is 6.92. The molecule has 0 aromatic carbocycles. The van der Waals surface area contributed by atoms with Crippen LogP contribution in [-0.2, 0) is 14.2 Å². The fourth-order valence-electron chi connectivity index (χ4n) is 0.704. The van der Waals surface area contributed by atoms with Crippen LogP contribution in [0.4, 0.5) is 0 Å². The highest BCUT2D eigenvalue weighted by Gasteiger charge is 2.04. The number of hydrogen-bond donors (Lipinski definition) is 0. The number of hydrogen-bond acceptors (Lipinski definition) is 3. The van der Waals surface area contributed by atoms with Gasteiger partial charge in [-0.05, 0) is 6.42 Å². The molecule has 1 atom stereocenters. The lowest BCUT2D eigenvalue weighted by Gasteiger charge is -2.12. The maximum Gasteiger partial charge on any atom is 0.0826 e. The summed E-state index contributed by atoms with van der Waals surface area (Å²) in [7, 11) is 5.03.